The van der Waals surface area contributed by atoms with E-state index in [1.165, 1.54) is 0 Å². The molecule has 0 amide bonds. The third-order valence-electron chi connectivity index (χ3n) is 4.47. The fourth-order valence-electron chi connectivity index (χ4n) is 2.77. The molecule has 0 unspecified atom stereocenters. The van der Waals surface area contributed by atoms with Crippen LogP contribution in [-0.4, -0.2) is 24.7 Å². The molecule has 30 heavy (non-hydrogen) atoms. The molecule has 0 N–H and O–H groups in total. The van der Waals surface area contributed by atoms with Gasteiger partial charge in [-0.15, -0.1) is 10.2 Å². The Morgan fingerprint density at radius 3 is 2.13 bits per heavy atom. The summed E-state index contributed by atoms with van der Waals surface area (Å²) < 4.78 is 57.0. The van der Waals surface area contributed by atoms with Crippen molar-refractivity contribution in [2.75, 3.05) is 0 Å². The highest BCUT2D eigenvalue weighted by Crippen LogP contribution is 2.36. The first kappa shape index (κ1) is 20.0. The number of pyridine rings is 2. The third-order valence-corrected chi connectivity index (χ3v) is 5.48. The van der Waals surface area contributed by atoms with E-state index in [4.69, 9.17) is 0 Å². The Labute approximate surface area is 172 Å². The number of hydrogen-bond acceptors (Lipinski definition) is 5. The van der Waals surface area contributed by atoms with E-state index in [-0.39, 0.29) is 5.16 Å². The number of nitrogens with zero attached hydrogens (tertiary/aromatic N) is 5. The SMILES string of the molecule is Cc1ccc(-n2c(Sc3c(F)c(F)nc(F)c3F)nnc2-c2ccncc2)cc1C. The van der Waals surface area contributed by atoms with Gasteiger partial charge in [-0.1, -0.05) is 6.07 Å². The van der Waals surface area contributed by atoms with Crippen LogP contribution in [0, 0.1) is 37.4 Å². The fraction of sp³-hybridized carbons (Fsp3) is 0.100. The molecule has 0 spiro atoms. The molecule has 3 heterocycles. The first-order chi connectivity index (χ1) is 14.4. The quantitative estimate of drug-likeness (QED) is 0.334. The van der Waals surface area contributed by atoms with Crippen LogP contribution < -0.4 is 0 Å². The van der Waals surface area contributed by atoms with Gasteiger partial charge in [0.15, 0.2) is 17.5 Å². The zero-order chi connectivity index (χ0) is 21.4. The van der Waals surface area contributed by atoms with Gasteiger partial charge >= 0.3 is 0 Å². The van der Waals surface area contributed by atoms with Gasteiger partial charge in [-0.25, -0.2) is 8.78 Å². The van der Waals surface area contributed by atoms with E-state index >= 15 is 0 Å². The van der Waals surface area contributed by atoms with Gasteiger partial charge in [-0.2, -0.15) is 13.8 Å². The fourth-order valence-corrected chi connectivity index (χ4v) is 3.67. The number of rotatable bonds is 4. The second kappa shape index (κ2) is 7.86. The Balaban J connectivity index is 1.92. The number of benzene rings is 1. The zero-order valence-electron chi connectivity index (χ0n) is 15.7. The van der Waals surface area contributed by atoms with Gasteiger partial charge in [0.25, 0.3) is 11.9 Å². The van der Waals surface area contributed by atoms with Crippen molar-refractivity contribution in [2.24, 2.45) is 0 Å². The highest BCUT2D eigenvalue weighted by Gasteiger charge is 2.25. The second-order valence-corrected chi connectivity index (χ2v) is 7.38. The van der Waals surface area contributed by atoms with Crippen molar-refractivity contribution < 1.29 is 17.6 Å². The molecule has 0 atom stereocenters. The van der Waals surface area contributed by atoms with Crippen LogP contribution >= 0.6 is 11.8 Å². The molecule has 0 aliphatic carbocycles. The van der Waals surface area contributed by atoms with Gasteiger partial charge < -0.3 is 0 Å². The molecule has 4 aromatic rings. The van der Waals surface area contributed by atoms with Crippen LogP contribution in [0.3, 0.4) is 0 Å². The molecule has 0 saturated heterocycles. The minimum Gasteiger partial charge on any atom is -0.270 e. The van der Waals surface area contributed by atoms with Crippen LogP contribution in [0.2, 0.25) is 0 Å². The molecule has 0 aliphatic rings. The predicted octanol–water partition coefficient (Wildman–Crippen LogP) is 5.05. The van der Waals surface area contributed by atoms with Crippen LogP contribution in [-0.2, 0) is 0 Å². The van der Waals surface area contributed by atoms with Crippen molar-refractivity contribution in [1.29, 1.82) is 0 Å². The lowest BCUT2D eigenvalue weighted by atomic mass is 10.1. The summed E-state index contributed by atoms with van der Waals surface area (Å²) >= 11 is 0.420. The van der Waals surface area contributed by atoms with Crippen molar-refractivity contribution in [2.45, 2.75) is 23.9 Å². The summed E-state index contributed by atoms with van der Waals surface area (Å²) in [7, 11) is 0. The molecule has 152 valence electrons. The van der Waals surface area contributed by atoms with Crippen molar-refractivity contribution in [1.82, 2.24) is 24.7 Å². The van der Waals surface area contributed by atoms with E-state index in [1.807, 2.05) is 26.0 Å². The van der Waals surface area contributed by atoms with Gasteiger partial charge in [0.05, 0.1) is 10.6 Å². The van der Waals surface area contributed by atoms with Crippen molar-refractivity contribution in [3.8, 4) is 17.1 Å². The van der Waals surface area contributed by atoms with E-state index in [2.05, 4.69) is 20.2 Å². The Bertz CT molecular complexity index is 1220. The van der Waals surface area contributed by atoms with Gasteiger partial charge in [-0.3, -0.25) is 9.55 Å². The number of aryl methyl sites for hydroxylation is 2. The highest BCUT2D eigenvalue weighted by atomic mass is 32.2. The summed E-state index contributed by atoms with van der Waals surface area (Å²) in [5.74, 6) is -6.29. The molecule has 0 radical (unpaired) electrons. The Hall–Kier alpha value is -3.27. The van der Waals surface area contributed by atoms with Crippen LogP contribution in [0.5, 0.6) is 0 Å². The van der Waals surface area contributed by atoms with Gasteiger partial charge in [-0.05, 0) is 61.0 Å². The molecule has 0 saturated carbocycles. The third kappa shape index (κ3) is 3.54. The van der Waals surface area contributed by atoms with Gasteiger partial charge in [0.2, 0.25) is 5.16 Å². The number of aromatic nitrogens is 5. The molecule has 1 aromatic carbocycles. The first-order valence-corrected chi connectivity index (χ1v) is 9.49. The smallest absolute Gasteiger partial charge is 0.252 e. The predicted molar refractivity (Wildman–Crippen MR) is 102 cm³/mol. The van der Waals surface area contributed by atoms with Crippen LogP contribution in [0.25, 0.3) is 17.1 Å². The maximum Gasteiger partial charge on any atom is 0.252 e. The van der Waals surface area contributed by atoms with Crippen LogP contribution in [0.1, 0.15) is 11.1 Å². The lowest BCUT2D eigenvalue weighted by Crippen LogP contribution is -2.04. The van der Waals surface area contributed by atoms with Gasteiger partial charge in [0, 0.05) is 18.0 Å². The summed E-state index contributed by atoms with van der Waals surface area (Å²) in [6.07, 6.45) is 3.13. The van der Waals surface area contributed by atoms with E-state index in [0.717, 1.165) is 11.1 Å². The lowest BCUT2D eigenvalue weighted by Gasteiger charge is -2.12. The Kier molecular flexibility index (Phi) is 5.25. The second-order valence-electron chi connectivity index (χ2n) is 6.40. The molecular weight excluding hydrogens is 418 g/mol. The van der Waals surface area contributed by atoms with Gasteiger partial charge in [0.1, 0.15) is 0 Å². The molecule has 3 aromatic heterocycles. The van der Waals surface area contributed by atoms with Crippen molar-refractivity contribution >= 4 is 11.8 Å². The standard InChI is InChI=1S/C20H13F4N5S/c1-10-3-4-13(9-11(10)2)29-19(12-5-7-25-8-6-12)27-28-20(29)30-16-14(21)17(23)26-18(24)15(16)22/h3-9H,1-2H3. The first-order valence-electron chi connectivity index (χ1n) is 8.68. The summed E-state index contributed by atoms with van der Waals surface area (Å²) in [5.41, 5.74) is 3.28. The average molecular weight is 431 g/mol. The molecule has 4 rings (SSSR count). The molecule has 0 fully saturated rings. The molecule has 5 nitrogen and oxygen atoms in total. The minimum absolute atomic E-state index is 0.0212. The number of halogens is 4. The zero-order valence-corrected chi connectivity index (χ0v) is 16.5. The maximum absolute atomic E-state index is 14.2. The molecule has 10 heteroatoms. The topological polar surface area (TPSA) is 56.5 Å². The van der Waals surface area contributed by atoms with E-state index in [1.54, 1.807) is 35.2 Å². The largest absolute Gasteiger partial charge is 0.270 e. The van der Waals surface area contributed by atoms with Crippen molar-refractivity contribution in [3.05, 3.63) is 77.4 Å². The van der Waals surface area contributed by atoms with E-state index in [0.29, 0.717) is 28.8 Å². The summed E-state index contributed by atoms with van der Waals surface area (Å²) in [6.45, 7) is 3.85. The monoisotopic (exact) mass is 431 g/mol. The van der Waals surface area contributed by atoms with Crippen molar-refractivity contribution in [3.63, 3.8) is 0 Å². The number of hydrogen-bond donors (Lipinski definition) is 0. The summed E-state index contributed by atoms with van der Waals surface area (Å²) in [6, 6.07) is 8.92. The van der Waals surface area contributed by atoms with E-state index in [9.17, 15) is 17.6 Å². The lowest BCUT2D eigenvalue weighted by molar-refractivity contribution is 0.383. The Morgan fingerprint density at radius 1 is 0.833 bits per heavy atom. The van der Waals surface area contributed by atoms with Crippen LogP contribution in [0.15, 0.2) is 52.8 Å². The van der Waals surface area contributed by atoms with E-state index < -0.39 is 28.4 Å². The van der Waals surface area contributed by atoms with Crippen LogP contribution in [0.4, 0.5) is 17.6 Å². The summed E-state index contributed by atoms with van der Waals surface area (Å²) in [4.78, 5) is 5.66. The molecule has 0 aliphatic heterocycles. The minimum atomic E-state index is -1.73. The Morgan fingerprint density at radius 2 is 1.50 bits per heavy atom. The average Bonchev–Trinajstić information content (AvgIpc) is 3.16. The molecular formula is C20H13F4N5S. The highest BCUT2D eigenvalue weighted by molar-refractivity contribution is 7.99. The molecule has 0 bridgehead atoms. The maximum atomic E-state index is 14.2. The normalized spacial score (nSPS) is 11.1. The summed E-state index contributed by atoms with van der Waals surface area (Å²) in [5, 5.41) is 8.17.